The van der Waals surface area contributed by atoms with Gasteiger partial charge in [-0.15, -0.1) is 0 Å². The lowest BCUT2D eigenvalue weighted by Crippen LogP contribution is -2.07. The van der Waals surface area contributed by atoms with Crippen molar-refractivity contribution in [1.82, 2.24) is 0 Å². The lowest BCUT2D eigenvalue weighted by Gasteiger charge is -2.05. The minimum Gasteiger partial charge on any atom is -0.487 e. The number of nitrogens with two attached hydrogens (primary N) is 1. The molecule has 1 aromatic carbocycles. The lowest BCUT2D eigenvalue weighted by atomic mass is 10.2. The Hall–Kier alpha value is -2.13. The first kappa shape index (κ1) is 11.9. The smallest absolute Gasteiger partial charge is 0.312 e. The van der Waals surface area contributed by atoms with E-state index in [1.807, 2.05) is 6.07 Å². The first-order valence-corrected chi connectivity index (χ1v) is 4.70. The van der Waals surface area contributed by atoms with Crippen LogP contribution >= 0.6 is 0 Å². The number of ether oxygens (including phenoxy) is 1. The summed E-state index contributed by atoms with van der Waals surface area (Å²) in [6.45, 7) is 0.785. The van der Waals surface area contributed by atoms with Crippen LogP contribution in [0.4, 0.5) is 5.69 Å². The van der Waals surface area contributed by atoms with Gasteiger partial charge in [0.25, 0.3) is 0 Å². The van der Waals surface area contributed by atoms with E-state index >= 15 is 0 Å². The van der Waals surface area contributed by atoms with E-state index in [9.17, 15) is 10.1 Å². The molecule has 0 aliphatic rings. The number of nitriles is 1. The molecule has 0 saturated carbocycles. The molecule has 16 heavy (non-hydrogen) atoms. The van der Waals surface area contributed by atoms with Gasteiger partial charge in [0.1, 0.15) is 0 Å². The van der Waals surface area contributed by atoms with Gasteiger partial charge >= 0.3 is 5.69 Å². The normalized spacial score (nSPS) is 9.50. The highest BCUT2D eigenvalue weighted by Crippen LogP contribution is 2.27. The zero-order valence-electron chi connectivity index (χ0n) is 8.55. The van der Waals surface area contributed by atoms with Gasteiger partial charge in [0.2, 0.25) is 0 Å². The van der Waals surface area contributed by atoms with Crippen molar-refractivity contribution in [2.45, 2.75) is 6.42 Å². The van der Waals surface area contributed by atoms with Crippen LogP contribution in [0, 0.1) is 21.4 Å². The van der Waals surface area contributed by atoms with Crippen molar-refractivity contribution in [2.24, 2.45) is 5.73 Å². The van der Waals surface area contributed by atoms with Crippen molar-refractivity contribution < 1.29 is 9.66 Å². The van der Waals surface area contributed by atoms with Gasteiger partial charge in [-0.05, 0) is 25.1 Å². The minimum absolute atomic E-state index is 0.164. The second-order valence-corrected chi connectivity index (χ2v) is 3.04. The largest absolute Gasteiger partial charge is 0.487 e. The minimum atomic E-state index is -0.571. The standard InChI is InChI=1S/C10H11N3O3/c11-4-1-5-16-10-3-2-8(7-12)6-9(10)13(14)15/h2-3,6H,1,4-5,11H2. The third kappa shape index (κ3) is 2.93. The van der Waals surface area contributed by atoms with E-state index in [1.165, 1.54) is 18.2 Å². The molecule has 0 atom stereocenters. The first-order valence-electron chi connectivity index (χ1n) is 4.70. The van der Waals surface area contributed by atoms with Gasteiger partial charge in [0.15, 0.2) is 5.75 Å². The van der Waals surface area contributed by atoms with Crippen molar-refractivity contribution in [3.05, 3.63) is 33.9 Å². The fraction of sp³-hybridized carbons (Fsp3) is 0.300. The van der Waals surface area contributed by atoms with E-state index in [0.29, 0.717) is 19.6 Å². The molecule has 1 rings (SSSR count). The molecule has 0 radical (unpaired) electrons. The van der Waals surface area contributed by atoms with Crippen LogP contribution in [-0.2, 0) is 0 Å². The van der Waals surface area contributed by atoms with E-state index in [4.69, 9.17) is 15.7 Å². The third-order valence-electron chi connectivity index (χ3n) is 1.89. The molecule has 0 amide bonds. The van der Waals surface area contributed by atoms with Gasteiger partial charge in [-0.1, -0.05) is 0 Å². The Kier molecular flexibility index (Phi) is 4.24. The fourth-order valence-electron chi connectivity index (χ4n) is 1.12. The average Bonchev–Trinajstić information content (AvgIpc) is 2.29. The molecule has 0 aliphatic heterocycles. The van der Waals surface area contributed by atoms with Crippen LogP contribution in [0.15, 0.2) is 18.2 Å². The quantitative estimate of drug-likeness (QED) is 0.457. The zero-order chi connectivity index (χ0) is 12.0. The molecular formula is C10H11N3O3. The molecular weight excluding hydrogens is 210 g/mol. The third-order valence-corrected chi connectivity index (χ3v) is 1.89. The maximum atomic E-state index is 10.7. The Bertz CT molecular complexity index is 426. The van der Waals surface area contributed by atoms with Gasteiger partial charge in [0, 0.05) is 6.07 Å². The van der Waals surface area contributed by atoms with Gasteiger partial charge in [-0.25, -0.2) is 0 Å². The van der Waals surface area contributed by atoms with Crippen LogP contribution in [0.2, 0.25) is 0 Å². The summed E-state index contributed by atoms with van der Waals surface area (Å²) in [5.74, 6) is 0.164. The molecule has 6 heteroatoms. The van der Waals surface area contributed by atoms with Crippen LogP contribution in [0.25, 0.3) is 0 Å². The molecule has 0 spiro atoms. The van der Waals surface area contributed by atoms with Crippen molar-refractivity contribution in [2.75, 3.05) is 13.2 Å². The van der Waals surface area contributed by atoms with Crippen LogP contribution in [-0.4, -0.2) is 18.1 Å². The molecule has 0 aromatic heterocycles. The van der Waals surface area contributed by atoms with Gasteiger partial charge in [-0.3, -0.25) is 10.1 Å². The fourth-order valence-corrected chi connectivity index (χ4v) is 1.12. The summed E-state index contributed by atoms with van der Waals surface area (Å²) >= 11 is 0. The van der Waals surface area contributed by atoms with E-state index in [1.54, 1.807) is 0 Å². The Labute approximate surface area is 92.4 Å². The summed E-state index contributed by atoms with van der Waals surface area (Å²) in [4.78, 5) is 10.1. The highest BCUT2D eigenvalue weighted by molar-refractivity contribution is 5.51. The number of nitrogens with zero attached hydrogens (tertiary/aromatic N) is 2. The van der Waals surface area contributed by atoms with E-state index < -0.39 is 4.92 Å². The Morgan fingerprint density at radius 1 is 1.56 bits per heavy atom. The second kappa shape index (κ2) is 5.68. The SMILES string of the molecule is N#Cc1ccc(OCCCN)c([N+](=O)[O-])c1. The summed E-state index contributed by atoms with van der Waals surface area (Å²) in [7, 11) is 0. The van der Waals surface area contributed by atoms with Crippen LogP contribution in [0.1, 0.15) is 12.0 Å². The molecule has 0 fully saturated rings. The highest BCUT2D eigenvalue weighted by atomic mass is 16.6. The molecule has 0 heterocycles. The van der Waals surface area contributed by atoms with Gasteiger partial charge in [0.05, 0.1) is 23.2 Å². The number of nitro groups is 1. The summed E-state index contributed by atoms with van der Waals surface area (Å²) in [6, 6.07) is 5.93. The Morgan fingerprint density at radius 3 is 2.88 bits per heavy atom. The van der Waals surface area contributed by atoms with Crippen molar-refractivity contribution >= 4 is 5.69 Å². The number of rotatable bonds is 5. The number of benzene rings is 1. The van der Waals surface area contributed by atoms with Crippen LogP contribution in [0.3, 0.4) is 0 Å². The first-order chi connectivity index (χ1) is 7.69. The van der Waals surface area contributed by atoms with Crippen LogP contribution < -0.4 is 10.5 Å². The molecule has 0 saturated heterocycles. The van der Waals surface area contributed by atoms with Crippen molar-refractivity contribution in [3.63, 3.8) is 0 Å². The molecule has 0 aliphatic carbocycles. The highest BCUT2D eigenvalue weighted by Gasteiger charge is 2.15. The maximum Gasteiger partial charge on any atom is 0.312 e. The van der Waals surface area contributed by atoms with E-state index in [-0.39, 0.29) is 17.0 Å². The van der Waals surface area contributed by atoms with Crippen LogP contribution in [0.5, 0.6) is 5.75 Å². The lowest BCUT2D eigenvalue weighted by molar-refractivity contribution is -0.385. The molecule has 0 bridgehead atoms. The Morgan fingerprint density at radius 2 is 2.31 bits per heavy atom. The topological polar surface area (TPSA) is 102 Å². The molecule has 1 aromatic rings. The second-order valence-electron chi connectivity index (χ2n) is 3.04. The molecule has 6 nitrogen and oxygen atoms in total. The predicted molar refractivity (Wildman–Crippen MR) is 57.0 cm³/mol. The van der Waals surface area contributed by atoms with Crippen molar-refractivity contribution in [1.29, 1.82) is 5.26 Å². The summed E-state index contributed by atoms with van der Waals surface area (Å²) in [5.41, 5.74) is 5.32. The maximum absolute atomic E-state index is 10.7. The summed E-state index contributed by atoms with van der Waals surface area (Å²) in [6.07, 6.45) is 0.622. The van der Waals surface area contributed by atoms with Crippen molar-refractivity contribution in [3.8, 4) is 11.8 Å². The average molecular weight is 221 g/mol. The Balaban J connectivity index is 2.91. The predicted octanol–water partition coefficient (Wildman–Crippen LogP) is 1.19. The summed E-state index contributed by atoms with van der Waals surface area (Å²) < 4.78 is 5.21. The van der Waals surface area contributed by atoms with E-state index in [0.717, 1.165) is 0 Å². The molecule has 84 valence electrons. The number of hydrogen-bond donors (Lipinski definition) is 1. The zero-order valence-corrected chi connectivity index (χ0v) is 8.55. The van der Waals surface area contributed by atoms with E-state index in [2.05, 4.69) is 0 Å². The molecule has 2 N–H and O–H groups in total. The van der Waals surface area contributed by atoms with Gasteiger partial charge < -0.3 is 10.5 Å². The van der Waals surface area contributed by atoms with Gasteiger partial charge in [-0.2, -0.15) is 5.26 Å². The monoisotopic (exact) mass is 221 g/mol. The summed E-state index contributed by atoms with van der Waals surface area (Å²) in [5, 5.41) is 19.3. The molecule has 0 unspecified atom stereocenters. The number of hydrogen-bond acceptors (Lipinski definition) is 5. The number of nitro benzene ring substituents is 1.